The third kappa shape index (κ3) is 3.39. The van der Waals surface area contributed by atoms with Crippen LogP contribution in [0, 0.1) is 0 Å². The highest BCUT2D eigenvalue weighted by atomic mass is 16.5. The van der Waals surface area contributed by atoms with E-state index < -0.39 is 0 Å². The minimum Gasteiger partial charge on any atom is -0.496 e. The fraction of sp³-hybridized carbons (Fsp3) is 0.600. The zero-order valence-corrected chi connectivity index (χ0v) is 12.1. The second kappa shape index (κ2) is 7.27. The van der Waals surface area contributed by atoms with Gasteiger partial charge < -0.3 is 14.2 Å². The summed E-state index contributed by atoms with van der Waals surface area (Å²) in [5.41, 5.74) is 2.22. The summed E-state index contributed by atoms with van der Waals surface area (Å²) in [7, 11) is 3.40. The lowest BCUT2D eigenvalue weighted by Crippen LogP contribution is -2.03. The van der Waals surface area contributed by atoms with Gasteiger partial charge in [0.2, 0.25) is 0 Å². The number of hydrogen-bond donors (Lipinski definition) is 0. The van der Waals surface area contributed by atoms with Gasteiger partial charge in [-0.2, -0.15) is 0 Å². The van der Waals surface area contributed by atoms with Crippen molar-refractivity contribution in [1.82, 2.24) is 0 Å². The van der Waals surface area contributed by atoms with Gasteiger partial charge in [-0.15, -0.1) is 0 Å². The van der Waals surface area contributed by atoms with Crippen molar-refractivity contribution in [2.45, 2.75) is 39.7 Å². The van der Waals surface area contributed by atoms with Gasteiger partial charge in [0.25, 0.3) is 0 Å². The smallest absolute Gasteiger partial charge is 0.126 e. The summed E-state index contributed by atoms with van der Waals surface area (Å²) in [5, 5.41) is 0. The molecule has 0 saturated carbocycles. The maximum atomic E-state index is 5.50. The van der Waals surface area contributed by atoms with Gasteiger partial charge in [0, 0.05) is 12.2 Å². The van der Waals surface area contributed by atoms with Crippen LogP contribution in [0.15, 0.2) is 12.1 Å². The lowest BCUT2D eigenvalue weighted by Gasteiger charge is -2.19. The summed E-state index contributed by atoms with van der Waals surface area (Å²) >= 11 is 0. The molecule has 0 bridgehead atoms. The molecular weight excluding hydrogens is 228 g/mol. The van der Waals surface area contributed by atoms with Gasteiger partial charge in [-0.3, -0.25) is 0 Å². The van der Waals surface area contributed by atoms with E-state index in [0.717, 1.165) is 29.0 Å². The molecule has 0 spiro atoms. The van der Waals surface area contributed by atoms with Gasteiger partial charge in [-0.05, 0) is 37.0 Å². The molecule has 0 aliphatic rings. The van der Waals surface area contributed by atoms with E-state index >= 15 is 0 Å². The Kier molecular flexibility index (Phi) is 5.99. The Labute approximate surface area is 110 Å². The second-order valence-corrected chi connectivity index (χ2v) is 4.36. The van der Waals surface area contributed by atoms with Crippen molar-refractivity contribution < 1.29 is 14.2 Å². The molecule has 0 saturated heterocycles. The molecule has 1 aromatic carbocycles. The number of rotatable bonds is 7. The van der Waals surface area contributed by atoms with Crippen molar-refractivity contribution >= 4 is 0 Å². The average molecular weight is 252 g/mol. The molecule has 0 fully saturated rings. The summed E-state index contributed by atoms with van der Waals surface area (Å²) < 4.78 is 16.4. The fourth-order valence-electron chi connectivity index (χ4n) is 1.99. The van der Waals surface area contributed by atoms with Gasteiger partial charge in [-0.1, -0.05) is 13.8 Å². The van der Waals surface area contributed by atoms with Gasteiger partial charge in [-0.25, -0.2) is 0 Å². The summed E-state index contributed by atoms with van der Waals surface area (Å²) in [6.45, 7) is 7.63. The van der Waals surface area contributed by atoms with Crippen LogP contribution in [0.1, 0.15) is 44.2 Å². The van der Waals surface area contributed by atoms with E-state index in [2.05, 4.69) is 13.8 Å². The molecule has 0 aliphatic carbocycles. The predicted molar refractivity (Wildman–Crippen MR) is 73.6 cm³/mol. The molecule has 1 atom stereocenters. The summed E-state index contributed by atoms with van der Waals surface area (Å²) in [4.78, 5) is 0. The quantitative estimate of drug-likeness (QED) is 0.739. The number of hydrogen-bond acceptors (Lipinski definition) is 3. The third-order valence-corrected chi connectivity index (χ3v) is 3.18. The lowest BCUT2D eigenvalue weighted by molar-refractivity contribution is 0.133. The highest BCUT2D eigenvalue weighted by molar-refractivity contribution is 5.50. The third-order valence-electron chi connectivity index (χ3n) is 3.18. The van der Waals surface area contributed by atoms with Gasteiger partial charge in [0.05, 0.1) is 20.8 Å². The zero-order chi connectivity index (χ0) is 13.5. The number of benzene rings is 1. The number of ether oxygens (including phenoxy) is 3. The fourth-order valence-corrected chi connectivity index (χ4v) is 1.99. The van der Waals surface area contributed by atoms with Crippen LogP contribution in [0.4, 0.5) is 0 Å². The maximum Gasteiger partial charge on any atom is 0.126 e. The monoisotopic (exact) mass is 252 g/mol. The molecule has 1 aromatic rings. The van der Waals surface area contributed by atoms with E-state index in [1.807, 2.05) is 19.1 Å². The van der Waals surface area contributed by atoms with Crippen molar-refractivity contribution in [3.8, 4) is 11.5 Å². The molecule has 0 heterocycles. The first-order chi connectivity index (χ1) is 8.67. The number of methoxy groups -OCH3 is 2. The Morgan fingerprint density at radius 2 is 1.61 bits per heavy atom. The first kappa shape index (κ1) is 14.8. The van der Waals surface area contributed by atoms with Crippen LogP contribution >= 0.6 is 0 Å². The van der Waals surface area contributed by atoms with Crippen LogP contribution in [0.3, 0.4) is 0 Å². The molecule has 1 unspecified atom stereocenters. The highest BCUT2D eigenvalue weighted by Gasteiger charge is 2.17. The Bertz CT molecular complexity index is 349. The zero-order valence-electron chi connectivity index (χ0n) is 12.1. The normalized spacial score (nSPS) is 12.3. The minimum absolute atomic E-state index is 0.413. The van der Waals surface area contributed by atoms with Gasteiger partial charge in [0.15, 0.2) is 0 Å². The van der Waals surface area contributed by atoms with Crippen LogP contribution < -0.4 is 9.47 Å². The van der Waals surface area contributed by atoms with E-state index in [9.17, 15) is 0 Å². The molecule has 0 radical (unpaired) electrons. The standard InChI is InChI=1S/C15H24O3/c1-6-11(3)15-13(16-4)8-12(10-18-7-2)9-14(15)17-5/h8-9,11H,6-7,10H2,1-5H3. The lowest BCUT2D eigenvalue weighted by atomic mass is 9.95. The summed E-state index contributed by atoms with van der Waals surface area (Å²) in [5.74, 6) is 2.19. The molecule has 18 heavy (non-hydrogen) atoms. The van der Waals surface area contributed by atoms with Crippen LogP contribution in [0.25, 0.3) is 0 Å². The molecule has 0 amide bonds. The van der Waals surface area contributed by atoms with Crippen molar-refractivity contribution in [2.75, 3.05) is 20.8 Å². The van der Waals surface area contributed by atoms with E-state index in [4.69, 9.17) is 14.2 Å². The molecule has 1 rings (SSSR count). The first-order valence-corrected chi connectivity index (χ1v) is 6.50. The molecule has 3 nitrogen and oxygen atoms in total. The predicted octanol–water partition coefficient (Wildman–Crippen LogP) is 3.75. The topological polar surface area (TPSA) is 27.7 Å². The van der Waals surface area contributed by atoms with Gasteiger partial charge >= 0.3 is 0 Å². The van der Waals surface area contributed by atoms with Crippen molar-refractivity contribution in [1.29, 1.82) is 0 Å². The van der Waals surface area contributed by atoms with Gasteiger partial charge in [0.1, 0.15) is 11.5 Å². The summed E-state index contributed by atoms with van der Waals surface area (Å²) in [6, 6.07) is 4.08. The molecule has 3 heteroatoms. The average Bonchev–Trinajstić information content (AvgIpc) is 2.42. The van der Waals surface area contributed by atoms with E-state index in [0.29, 0.717) is 19.1 Å². The van der Waals surface area contributed by atoms with Crippen molar-refractivity contribution in [2.24, 2.45) is 0 Å². The van der Waals surface area contributed by atoms with Crippen LogP contribution in [-0.2, 0) is 11.3 Å². The molecule has 0 aliphatic heterocycles. The Morgan fingerprint density at radius 3 is 2.00 bits per heavy atom. The summed E-state index contributed by atoms with van der Waals surface area (Å²) in [6.07, 6.45) is 1.05. The first-order valence-electron chi connectivity index (χ1n) is 6.50. The van der Waals surface area contributed by atoms with Crippen molar-refractivity contribution in [3.05, 3.63) is 23.3 Å². The SMILES string of the molecule is CCOCc1cc(OC)c(C(C)CC)c(OC)c1. The van der Waals surface area contributed by atoms with Crippen LogP contribution in [-0.4, -0.2) is 20.8 Å². The van der Waals surface area contributed by atoms with E-state index in [1.165, 1.54) is 0 Å². The highest BCUT2D eigenvalue weighted by Crippen LogP contribution is 2.38. The molecule has 102 valence electrons. The van der Waals surface area contributed by atoms with Crippen LogP contribution in [0.2, 0.25) is 0 Å². The Hall–Kier alpha value is -1.22. The van der Waals surface area contributed by atoms with E-state index in [-0.39, 0.29) is 0 Å². The molecule has 0 aromatic heterocycles. The second-order valence-electron chi connectivity index (χ2n) is 4.36. The van der Waals surface area contributed by atoms with Crippen LogP contribution in [0.5, 0.6) is 11.5 Å². The van der Waals surface area contributed by atoms with E-state index in [1.54, 1.807) is 14.2 Å². The van der Waals surface area contributed by atoms with Crippen molar-refractivity contribution in [3.63, 3.8) is 0 Å². The maximum absolute atomic E-state index is 5.50. The Balaban J connectivity index is 3.16. The molecular formula is C15H24O3. The minimum atomic E-state index is 0.413. The molecule has 0 N–H and O–H groups in total. The Morgan fingerprint density at radius 1 is 1.06 bits per heavy atom. The largest absolute Gasteiger partial charge is 0.496 e.